The molecule has 0 spiro atoms. The molecule has 1 unspecified atom stereocenters. The maximum atomic E-state index is 13.9. The Morgan fingerprint density at radius 3 is 2.56 bits per heavy atom. The smallest absolute Gasteiger partial charge is 0.321 e. The minimum Gasteiger partial charge on any atom is -0.321 e. The van der Waals surface area contributed by atoms with Crippen LogP contribution in [-0.4, -0.2) is 60.2 Å². The van der Waals surface area contributed by atoms with Crippen molar-refractivity contribution in [1.29, 1.82) is 0 Å². The molecule has 0 aromatic heterocycles. The van der Waals surface area contributed by atoms with Gasteiger partial charge in [0.25, 0.3) is 0 Å². The van der Waals surface area contributed by atoms with Gasteiger partial charge in [0, 0.05) is 32.6 Å². The minimum atomic E-state index is -4.45. The highest BCUT2D eigenvalue weighted by atomic mass is 19.4. The largest absolute Gasteiger partial charge is 0.416 e. The van der Waals surface area contributed by atoms with E-state index in [4.69, 9.17) is 0 Å². The maximum Gasteiger partial charge on any atom is 0.416 e. The van der Waals surface area contributed by atoms with Gasteiger partial charge in [0.2, 0.25) is 0 Å². The fraction of sp³-hybridized carbons (Fsp3) is 0.500. The van der Waals surface area contributed by atoms with Crippen LogP contribution in [-0.2, 0) is 11.0 Å². The third-order valence-corrected chi connectivity index (χ3v) is 7.93. The number of benzene rings is 2. The molecule has 0 radical (unpaired) electrons. The number of hydrogen-bond acceptors (Lipinski definition) is 3. The van der Waals surface area contributed by atoms with Gasteiger partial charge in [0.1, 0.15) is 6.29 Å². The van der Waals surface area contributed by atoms with Crippen LogP contribution < -0.4 is 0 Å². The van der Waals surface area contributed by atoms with Crippen molar-refractivity contribution in [2.45, 2.75) is 45.5 Å². The summed E-state index contributed by atoms with van der Waals surface area (Å²) in [6, 6.07) is 11.1. The Morgan fingerprint density at radius 2 is 1.89 bits per heavy atom. The van der Waals surface area contributed by atoms with Crippen molar-refractivity contribution in [2.75, 3.05) is 33.2 Å². The molecule has 5 nitrogen and oxygen atoms in total. The lowest BCUT2D eigenvalue weighted by molar-refractivity contribution is -0.137. The topological polar surface area (TPSA) is 43.9 Å². The molecule has 2 aliphatic heterocycles. The van der Waals surface area contributed by atoms with E-state index in [1.165, 1.54) is 0 Å². The Morgan fingerprint density at radius 1 is 1.17 bits per heavy atom. The number of alkyl halides is 3. The molecule has 2 heterocycles. The predicted molar refractivity (Wildman–Crippen MR) is 132 cm³/mol. The van der Waals surface area contributed by atoms with Crippen LogP contribution in [0.5, 0.6) is 0 Å². The SMILES string of the molecule is Cc1cc([C@@H](C)N(C)C(=O)N2CC[C@@H]3CN(CC=O)CC3[C@@H]2c2ccccc2C)cc(C(F)(F)F)c1. The number of urea groups is 1. The fourth-order valence-electron chi connectivity index (χ4n) is 5.92. The number of fused-ring (bicyclic) bond motifs is 1. The molecule has 2 aliphatic rings. The van der Waals surface area contributed by atoms with Crippen LogP contribution in [0.15, 0.2) is 42.5 Å². The van der Waals surface area contributed by atoms with Gasteiger partial charge in [-0.1, -0.05) is 35.9 Å². The average molecular weight is 502 g/mol. The molecule has 2 aromatic rings. The highest BCUT2D eigenvalue weighted by molar-refractivity contribution is 5.75. The van der Waals surface area contributed by atoms with Crippen LogP contribution in [0.4, 0.5) is 18.0 Å². The number of amides is 2. The van der Waals surface area contributed by atoms with Crippen LogP contribution in [0.3, 0.4) is 0 Å². The Labute approximate surface area is 210 Å². The molecular formula is C28H34F3N3O2. The first-order chi connectivity index (χ1) is 17.0. The second-order valence-electron chi connectivity index (χ2n) is 10.3. The number of hydrogen-bond donors (Lipinski definition) is 0. The zero-order valence-corrected chi connectivity index (χ0v) is 21.3. The highest BCUT2D eigenvalue weighted by Gasteiger charge is 2.46. The zero-order valence-electron chi connectivity index (χ0n) is 21.3. The first kappa shape index (κ1) is 26.2. The van der Waals surface area contributed by atoms with Crippen molar-refractivity contribution >= 4 is 12.3 Å². The first-order valence-electron chi connectivity index (χ1n) is 12.4. The van der Waals surface area contributed by atoms with E-state index in [2.05, 4.69) is 11.0 Å². The van der Waals surface area contributed by atoms with Crippen LogP contribution in [0, 0.1) is 25.7 Å². The van der Waals surface area contributed by atoms with Gasteiger partial charge >= 0.3 is 12.2 Å². The fourth-order valence-corrected chi connectivity index (χ4v) is 5.92. The van der Waals surface area contributed by atoms with Crippen molar-refractivity contribution in [3.63, 3.8) is 0 Å². The van der Waals surface area contributed by atoms with Crippen molar-refractivity contribution < 1.29 is 22.8 Å². The molecule has 4 atom stereocenters. The average Bonchev–Trinajstić information content (AvgIpc) is 3.24. The van der Waals surface area contributed by atoms with E-state index in [1.807, 2.05) is 30.0 Å². The van der Waals surface area contributed by atoms with Gasteiger partial charge in [-0.25, -0.2) is 4.79 Å². The first-order valence-corrected chi connectivity index (χ1v) is 12.4. The molecule has 0 aliphatic carbocycles. The summed E-state index contributed by atoms with van der Waals surface area (Å²) < 4.78 is 40.3. The normalized spacial score (nSPS) is 23.3. The summed E-state index contributed by atoms with van der Waals surface area (Å²) in [6.45, 7) is 7.96. The summed E-state index contributed by atoms with van der Waals surface area (Å²) >= 11 is 0. The number of likely N-dealkylation sites (tertiary alicyclic amines) is 2. The molecule has 194 valence electrons. The van der Waals surface area contributed by atoms with E-state index in [0.717, 1.165) is 49.1 Å². The summed E-state index contributed by atoms with van der Waals surface area (Å²) in [4.78, 5) is 30.7. The third-order valence-electron chi connectivity index (χ3n) is 7.93. The standard InChI is InChI=1S/C28H34F3N3O2/c1-18-13-22(15-23(14-18)28(29,30)31)20(3)32(4)27(36)34-10-9-21-16-33(11-12-35)17-25(21)26(34)24-8-6-5-7-19(24)2/h5-8,12-15,20-21,25-26H,9-11,16-17H2,1-4H3/t20-,21-,25?,26+/m1/s1. The second kappa shape index (κ2) is 10.2. The van der Waals surface area contributed by atoms with Crippen molar-refractivity contribution in [3.05, 3.63) is 70.3 Å². The zero-order chi connectivity index (χ0) is 26.2. The van der Waals surface area contributed by atoms with Gasteiger partial charge in [0.15, 0.2) is 0 Å². The quantitative estimate of drug-likeness (QED) is 0.499. The number of carbonyl (C=O) groups excluding carboxylic acids is 2. The van der Waals surface area contributed by atoms with Crippen LogP contribution in [0.1, 0.15) is 53.2 Å². The van der Waals surface area contributed by atoms with E-state index in [0.29, 0.717) is 30.1 Å². The molecule has 4 rings (SSSR count). The Bertz CT molecular complexity index is 1120. The lowest BCUT2D eigenvalue weighted by Crippen LogP contribution is -2.51. The third kappa shape index (κ3) is 5.14. The van der Waals surface area contributed by atoms with E-state index >= 15 is 0 Å². The summed E-state index contributed by atoms with van der Waals surface area (Å²) in [7, 11) is 1.66. The van der Waals surface area contributed by atoms with Gasteiger partial charge in [-0.05, 0) is 61.9 Å². The van der Waals surface area contributed by atoms with Crippen molar-refractivity contribution in [3.8, 4) is 0 Å². The van der Waals surface area contributed by atoms with Gasteiger partial charge in [0.05, 0.1) is 24.2 Å². The molecule has 0 bridgehead atoms. The summed E-state index contributed by atoms with van der Waals surface area (Å²) in [5.41, 5.74) is 2.44. The molecular weight excluding hydrogens is 467 g/mol. The Hall–Kier alpha value is -2.87. The second-order valence-corrected chi connectivity index (χ2v) is 10.3. The van der Waals surface area contributed by atoms with Crippen LogP contribution >= 0.6 is 0 Å². The highest BCUT2D eigenvalue weighted by Crippen LogP contribution is 2.45. The Kier molecular flexibility index (Phi) is 7.46. The maximum absolute atomic E-state index is 13.9. The number of aldehydes is 1. The molecule has 2 saturated heterocycles. The van der Waals surface area contributed by atoms with E-state index in [9.17, 15) is 22.8 Å². The summed E-state index contributed by atoms with van der Waals surface area (Å²) in [6.07, 6.45) is -2.69. The number of piperidine rings is 1. The van der Waals surface area contributed by atoms with Gasteiger partial charge in [-0.15, -0.1) is 0 Å². The molecule has 36 heavy (non-hydrogen) atoms. The monoisotopic (exact) mass is 501 g/mol. The predicted octanol–water partition coefficient (Wildman–Crippen LogP) is 5.63. The van der Waals surface area contributed by atoms with E-state index in [1.54, 1.807) is 31.9 Å². The number of nitrogens with zero attached hydrogens (tertiary/aromatic N) is 3. The molecule has 0 N–H and O–H groups in total. The van der Waals surface area contributed by atoms with E-state index in [-0.39, 0.29) is 18.0 Å². The number of aryl methyl sites for hydroxylation is 2. The van der Waals surface area contributed by atoms with Crippen molar-refractivity contribution in [2.24, 2.45) is 11.8 Å². The van der Waals surface area contributed by atoms with Gasteiger partial charge in [-0.3, -0.25) is 4.90 Å². The summed E-state index contributed by atoms with van der Waals surface area (Å²) in [5, 5.41) is 0. The van der Waals surface area contributed by atoms with Gasteiger partial charge in [-0.2, -0.15) is 13.2 Å². The minimum absolute atomic E-state index is 0.160. The van der Waals surface area contributed by atoms with Crippen molar-refractivity contribution in [1.82, 2.24) is 14.7 Å². The Balaban J connectivity index is 1.65. The van der Waals surface area contributed by atoms with E-state index < -0.39 is 17.8 Å². The molecule has 2 fully saturated rings. The van der Waals surface area contributed by atoms with Gasteiger partial charge < -0.3 is 14.6 Å². The number of halogens is 3. The lowest BCUT2D eigenvalue weighted by atomic mass is 9.78. The summed E-state index contributed by atoms with van der Waals surface area (Å²) in [5.74, 6) is 0.565. The molecule has 2 aromatic carbocycles. The van der Waals surface area contributed by atoms with Crippen LogP contribution in [0.25, 0.3) is 0 Å². The molecule has 0 saturated carbocycles. The molecule has 8 heteroatoms. The number of carbonyl (C=O) groups is 2. The molecule has 2 amide bonds. The lowest BCUT2D eigenvalue weighted by Gasteiger charge is -2.45. The van der Waals surface area contributed by atoms with Crippen LogP contribution in [0.2, 0.25) is 0 Å². The number of rotatable bonds is 5.